The molecule has 3 N–H and O–H groups in total. The number of anilines is 6. The van der Waals surface area contributed by atoms with Crippen LogP contribution in [0.15, 0.2) is 134 Å². The summed E-state index contributed by atoms with van der Waals surface area (Å²) < 4.78 is 44.0. The van der Waals surface area contributed by atoms with Crippen LogP contribution in [0.3, 0.4) is 0 Å². The van der Waals surface area contributed by atoms with Crippen LogP contribution in [-0.4, -0.2) is 89.3 Å². The van der Waals surface area contributed by atoms with Gasteiger partial charge in [-0.1, -0.05) is 121 Å². The first-order valence-corrected chi connectivity index (χ1v) is 29.7. The third-order valence-corrected chi connectivity index (χ3v) is 15.3. The average molecular weight is 1260 g/mol. The third kappa shape index (κ3) is 15.8. The van der Waals surface area contributed by atoms with Crippen LogP contribution in [0, 0.1) is 11.6 Å². The van der Waals surface area contributed by atoms with E-state index in [1.54, 1.807) is 118 Å². The van der Waals surface area contributed by atoms with Crippen molar-refractivity contribution in [1.82, 2.24) is 40.4 Å². The summed E-state index contributed by atoms with van der Waals surface area (Å²) in [5.74, 6) is -1.24. The van der Waals surface area contributed by atoms with Crippen LogP contribution in [0.1, 0.15) is 71.4 Å². The van der Waals surface area contributed by atoms with Gasteiger partial charge in [-0.2, -0.15) is 14.9 Å². The highest BCUT2D eigenvalue weighted by Gasteiger charge is 2.30. The number of H-pyrrole nitrogens is 1. The summed E-state index contributed by atoms with van der Waals surface area (Å²) in [4.78, 5) is 67.2. The second kappa shape index (κ2) is 28.3. The van der Waals surface area contributed by atoms with Gasteiger partial charge in [-0.05, 0) is 118 Å². The number of amides is 4. The van der Waals surface area contributed by atoms with Gasteiger partial charge in [0.2, 0.25) is 22.1 Å². The van der Waals surface area contributed by atoms with Crippen molar-refractivity contribution >= 4 is 131 Å². The Morgan fingerprint density at radius 2 is 1.10 bits per heavy atom. The summed E-state index contributed by atoms with van der Waals surface area (Å²) in [6, 6.07) is 32.3. The maximum atomic E-state index is 13.5. The fourth-order valence-corrected chi connectivity index (χ4v) is 10.7. The molecule has 20 nitrogen and oxygen atoms in total. The van der Waals surface area contributed by atoms with Gasteiger partial charge < -0.3 is 24.8 Å². The summed E-state index contributed by atoms with van der Waals surface area (Å²) in [6.45, 7) is 9.69. The molecule has 26 heteroatoms. The van der Waals surface area contributed by atoms with Crippen molar-refractivity contribution < 1.29 is 47.0 Å². The van der Waals surface area contributed by atoms with Crippen molar-refractivity contribution in [3.63, 3.8) is 0 Å². The molecule has 0 aliphatic carbocycles. The molecule has 10 rings (SSSR count). The van der Waals surface area contributed by atoms with Crippen molar-refractivity contribution in [3.05, 3.63) is 167 Å². The largest absolute Gasteiger partial charge is 0.449 e. The van der Waals surface area contributed by atoms with E-state index in [2.05, 4.69) is 46.3 Å². The van der Waals surface area contributed by atoms with Gasteiger partial charge in [-0.25, -0.2) is 33.0 Å². The second-order valence-electron chi connectivity index (χ2n) is 20.3. The Morgan fingerprint density at radius 1 is 0.621 bits per heavy atom. The highest BCUT2D eigenvalue weighted by Crippen LogP contribution is 2.42. The zero-order chi connectivity index (χ0) is 61.8. The number of unbranched alkanes of at least 4 members (excludes halogenated alkanes) is 2. The first kappa shape index (κ1) is 62.3. The Hall–Kier alpha value is -9.23. The summed E-state index contributed by atoms with van der Waals surface area (Å²) in [5, 5.41) is 36.9. The van der Waals surface area contributed by atoms with Crippen molar-refractivity contribution in [3.8, 4) is 21.1 Å². The monoisotopic (exact) mass is 1260 g/mol. The van der Waals surface area contributed by atoms with Crippen LogP contribution in [0.2, 0.25) is 10.0 Å². The van der Waals surface area contributed by atoms with Gasteiger partial charge in [-0.15, -0.1) is 20.4 Å². The maximum absolute atomic E-state index is 13.5. The highest BCUT2D eigenvalue weighted by atomic mass is 35.5. The lowest BCUT2D eigenvalue weighted by Crippen LogP contribution is -2.28. The Labute approximate surface area is 515 Å². The number of ether oxygens (including phenoxy) is 3. The molecule has 0 aliphatic heterocycles. The number of hydrogen-bond acceptors (Lipinski definition) is 16. The Morgan fingerprint density at radius 3 is 1.59 bits per heavy atom. The van der Waals surface area contributed by atoms with E-state index in [4.69, 9.17) is 37.4 Å². The molecule has 4 amide bonds. The molecule has 0 unspecified atom stereocenters. The number of hydrogen-bond donors (Lipinski definition) is 3. The number of carbonyl (C=O) groups excluding carboxylic acids is 5. The summed E-state index contributed by atoms with van der Waals surface area (Å²) in [6.07, 6.45) is 4.26. The summed E-state index contributed by atoms with van der Waals surface area (Å²) in [7, 11) is 0. The van der Waals surface area contributed by atoms with Crippen LogP contribution < -0.4 is 20.4 Å². The van der Waals surface area contributed by atoms with Gasteiger partial charge in [0.25, 0.3) is 0 Å². The molecular formula is C61H56Cl2F2N12O8S2. The van der Waals surface area contributed by atoms with Crippen LogP contribution in [-0.2, 0) is 36.6 Å². The van der Waals surface area contributed by atoms with Gasteiger partial charge in [0.1, 0.15) is 27.3 Å². The van der Waals surface area contributed by atoms with E-state index in [0.717, 1.165) is 40.8 Å². The number of halogens is 4. The van der Waals surface area contributed by atoms with E-state index in [9.17, 15) is 32.8 Å². The molecule has 0 aliphatic rings. The molecule has 10 aromatic rings. The number of carbonyl (C=O) groups is 5. The molecule has 4 aromatic heterocycles. The van der Waals surface area contributed by atoms with Gasteiger partial charge >= 0.3 is 18.3 Å². The first-order valence-electron chi connectivity index (χ1n) is 27.3. The number of nitrogens with one attached hydrogen (secondary N) is 3. The topological polar surface area (TPSA) is 242 Å². The molecule has 448 valence electrons. The molecule has 87 heavy (non-hydrogen) atoms. The first-order chi connectivity index (χ1) is 41.9. The fourth-order valence-electron chi connectivity index (χ4n) is 8.41. The minimum atomic E-state index is -0.733. The predicted octanol–water partition coefficient (Wildman–Crippen LogP) is 15.5. The van der Waals surface area contributed by atoms with Crippen molar-refractivity contribution in [2.75, 3.05) is 33.6 Å². The third-order valence-electron chi connectivity index (χ3n) is 12.6. The Balaban J connectivity index is 0.000000210. The van der Waals surface area contributed by atoms with Gasteiger partial charge in [0.05, 0.1) is 70.9 Å². The zero-order valence-corrected chi connectivity index (χ0v) is 50.6. The molecule has 0 bridgehead atoms. The number of aromatic amines is 1. The lowest BCUT2D eigenvalue weighted by Gasteiger charge is -2.21. The van der Waals surface area contributed by atoms with E-state index in [-0.39, 0.29) is 70.5 Å². The SMILES string of the molecule is CCCCOC(=O)N(c1nnc(-c2cccc(NC(=O)Cc3ccc(F)cc3)c2)s1)c1ccc2[nH]ncc2c1Cl.CCCCOC(=O)N(c1nnc(-c2cccc(NC(=O)Cc3ccc(F)cc3)c2)s1)c1ccc2c(cnn2C(=O)OC(C)(C)C)c1Cl. The van der Waals surface area contributed by atoms with Crippen LogP contribution >= 0.6 is 45.9 Å². The minimum Gasteiger partial charge on any atom is -0.449 e. The fraction of sp³-hybridized carbons (Fsp3) is 0.230. The molecule has 0 saturated carbocycles. The minimum absolute atomic E-state index is 0.0738. The van der Waals surface area contributed by atoms with Gasteiger partial charge in [-0.3, -0.25) is 14.7 Å². The second-order valence-corrected chi connectivity index (χ2v) is 23.0. The lowest BCUT2D eigenvalue weighted by atomic mass is 10.1. The molecule has 0 fully saturated rings. The number of rotatable bonds is 18. The van der Waals surface area contributed by atoms with Crippen LogP contribution in [0.4, 0.5) is 56.2 Å². The number of benzene rings is 6. The van der Waals surface area contributed by atoms with Crippen LogP contribution in [0.25, 0.3) is 42.9 Å². The standard InChI is InChI=1S/C33H32ClFN6O5S.C28H24ClFN6O3S/c1-5-6-16-45-31(43)40(26-15-14-25-24(28(26)34)19-36-41(25)32(44)46-33(2,3)4)30-39-38-29(47-30)21-8-7-9-23(18-21)37-27(42)17-20-10-12-22(35)13-11-20;1-2-3-13-39-28(38)36(23-12-11-22-21(25(23)29)16-31-33-22)27-35-34-26(40-27)18-5-4-6-20(15-18)32-24(37)14-17-7-9-19(30)10-8-17/h7-15,18-19H,5-6,16-17H2,1-4H3,(H,37,42);4-12,15-16H,2-3,13-14H2,1H3,(H,31,33)(H,32,37). The molecule has 0 radical (unpaired) electrons. The quantitative estimate of drug-likeness (QED) is 0.0535. The van der Waals surface area contributed by atoms with Crippen LogP contribution in [0.5, 0.6) is 0 Å². The molecule has 6 aromatic carbocycles. The molecule has 4 heterocycles. The van der Waals surface area contributed by atoms with E-state index in [0.29, 0.717) is 77.1 Å². The van der Waals surface area contributed by atoms with Gasteiger partial charge in [0.15, 0.2) is 0 Å². The maximum Gasteiger partial charge on any atom is 0.435 e. The molecular weight excluding hydrogens is 1200 g/mol. The average Bonchev–Trinajstić information content (AvgIpc) is 2.45. The van der Waals surface area contributed by atoms with Crippen molar-refractivity contribution in [2.24, 2.45) is 0 Å². The Kier molecular flexibility index (Phi) is 20.3. The molecule has 0 atom stereocenters. The van der Waals surface area contributed by atoms with E-state index in [1.165, 1.54) is 51.6 Å². The zero-order valence-electron chi connectivity index (χ0n) is 47.5. The summed E-state index contributed by atoms with van der Waals surface area (Å²) in [5.41, 5.74) is 4.83. The Bertz CT molecular complexity index is 4100. The normalized spacial score (nSPS) is 11.2. The number of aromatic nitrogens is 8. The highest BCUT2D eigenvalue weighted by molar-refractivity contribution is 7.19. The van der Waals surface area contributed by atoms with E-state index >= 15 is 0 Å². The summed E-state index contributed by atoms with van der Waals surface area (Å²) >= 11 is 15.8. The van der Waals surface area contributed by atoms with Crippen molar-refractivity contribution in [1.29, 1.82) is 0 Å². The smallest absolute Gasteiger partial charge is 0.435 e. The van der Waals surface area contributed by atoms with E-state index < -0.39 is 23.9 Å². The van der Waals surface area contributed by atoms with Crippen molar-refractivity contribution in [2.45, 2.75) is 78.7 Å². The van der Waals surface area contributed by atoms with Gasteiger partial charge in [0, 0.05) is 33.3 Å². The van der Waals surface area contributed by atoms with E-state index in [1.807, 2.05) is 19.9 Å². The predicted molar refractivity (Wildman–Crippen MR) is 332 cm³/mol. The molecule has 0 saturated heterocycles. The lowest BCUT2D eigenvalue weighted by molar-refractivity contribution is -0.116. The molecule has 0 spiro atoms. The number of fused-ring (bicyclic) bond motifs is 2. The number of nitrogens with zero attached hydrogens (tertiary/aromatic N) is 9.